The van der Waals surface area contributed by atoms with E-state index in [1.165, 1.54) is 17.4 Å². The first kappa shape index (κ1) is 14.4. The van der Waals surface area contributed by atoms with E-state index in [1.807, 2.05) is 6.92 Å². The standard InChI is InChI=1S/C14H21ClN2O2/c1-3-10-11(15)16-13(19)17(12(10)18)9-14(4-2)7-5-6-8-14/h3-9H2,1-2H3,(H,16,19). The van der Waals surface area contributed by atoms with Crippen molar-refractivity contribution in [3.63, 3.8) is 0 Å². The molecule has 2 rings (SSSR count). The third-order valence-corrected chi connectivity index (χ3v) is 4.81. The van der Waals surface area contributed by atoms with Crippen LogP contribution in [0.1, 0.15) is 51.5 Å². The van der Waals surface area contributed by atoms with E-state index in [4.69, 9.17) is 11.6 Å². The largest absolute Gasteiger partial charge is 0.329 e. The lowest BCUT2D eigenvalue weighted by Gasteiger charge is -2.27. The van der Waals surface area contributed by atoms with Crippen LogP contribution in [0.2, 0.25) is 5.15 Å². The van der Waals surface area contributed by atoms with Crippen molar-refractivity contribution in [3.8, 4) is 0 Å². The Morgan fingerprint density at radius 2 is 1.89 bits per heavy atom. The second-order valence-corrected chi connectivity index (χ2v) is 5.91. The van der Waals surface area contributed by atoms with Crippen LogP contribution in [0.3, 0.4) is 0 Å². The van der Waals surface area contributed by atoms with Gasteiger partial charge in [0.25, 0.3) is 5.56 Å². The summed E-state index contributed by atoms with van der Waals surface area (Å²) in [4.78, 5) is 26.9. The molecule has 0 aliphatic heterocycles. The van der Waals surface area contributed by atoms with Gasteiger partial charge in [-0.1, -0.05) is 38.3 Å². The molecule has 5 heteroatoms. The zero-order chi connectivity index (χ0) is 14.0. The number of aromatic nitrogens is 2. The third-order valence-electron chi connectivity index (χ3n) is 4.49. The minimum Gasteiger partial charge on any atom is -0.297 e. The summed E-state index contributed by atoms with van der Waals surface area (Å²) in [5.74, 6) is 0. The van der Waals surface area contributed by atoms with Crippen molar-refractivity contribution in [2.75, 3.05) is 0 Å². The van der Waals surface area contributed by atoms with E-state index in [9.17, 15) is 9.59 Å². The zero-order valence-electron chi connectivity index (χ0n) is 11.6. The molecule has 1 heterocycles. The van der Waals surface area contributed by atoms with Crippen LogP contribution in [0.25, 0.3) is 0 Å². The third kappa shape index (κ3) is 2.64. The Hall–Kier alpha value is -1.03. The predicted octanol–water partition coefficient (Wildman–Crippen LogP) is 2.72. The van der Waals surface area contributed by atoms with Crippen LogP contribution in [0.4, 0.5) is 0 Å². The highest BCUT2D eigenvalue weighted by Crippen LogP contribution is 2.41. The number of H-pyrrole nitrogens is 1. The molecule has 0 amide bonds. The topological polar surface area (TPSA) is 54.9 Å². The summed E-state index contributed by atoms with van der Waals surface area (Å²) in [6, 6.07) is 0. The number of halogens is 1. The summed E-state index contributed by atoms with van der Waals surface area (Å²) >= 11 is 5.92. The quantitative estimate of drug-likeness (QED) is 0.865. The van der Waals surface area contributed by atoms with Crippen molar-refractivity contribution in [2.45, 2.75) is 58.9 Å². The van der Waals surface area contributed by atoms with E-state index in [2.05, 4.69) is 11.9 Å². The van der Waals surface area contributed by atoms with Gasteiger partial charge in [-0.3, -0.25) is 14.3 Å². The Morgan fingerprint density at radius 3 is 2.42 bits per heavy atom. The van der Waals surface area contributed by atoms with Crippen molar-refractivity contribution >= 4 is 11.6 Å². The van der Waals surface area contributed by atoms with Gasteiger partial charge in [0.15, 0.2) is 0 Å². The number of nitrogens with zero attached hydrogens (tertiary/aromatic N) is 1. The molecular weight excluding hydrogens is 264 g/mol. The Kier molecular flexibility index (Phi) is 4.19. The van der Waals surface area contributed by atoms with E-state index in [0.29, 0.717) is 18.5 Å². The monoisotopic (exact) mass is 284 g/mol. The highest BCUT2D eigenvalue weighted by atomic mass is 35.5. The van der Waals surface area contributed by atoms with Gasteiger partial charge in [0.1, 0.15) is 5.15 Å². The molecule has 0 unspecified atom stereocenters. The van der Waals surface area contributed by atoms with E-state index in [-0.39, 0.29) is 21.8 Å². The van der Waals surface area contributed by atoms with Crippen LogP contribution >= 0.6 is 11.6 Å². The Labute approximate surface area is 117 Å². The lowest BCUT2D eigenvalue weighted by Crippen LogP contribution is -2.41. The van der Waals surface area contributed by atoms with E-state index < -0.39 is 0 Å². The van der Waals surface area contributed by atoms with E-state index in [1.54, 1.807) is 0 Å². The Balaban J connectivity index is 2.46. The van der Waals surface area contributed by atoms with Crippen LogP contribution in [0.15, 0.2) is 9.59 Å². The van der Waals surface area contributed by atoms with Crippen molar-refractivity contribution < 1.29 is 0 Å². The number of nitrogens with one attached hydrogen (secondary N) is 1. The molecule has 1 saturated carbocycles. The first-order chi connectivity index (χ1) is 9.03. The lowest BCUT2D eigenvalue weighted by molar-refractivity contribution is 0.230. The first-order valence-electron chi connectivity index (χ1n) is 7.04. The molecule has 0 atom stereocenters. The number of hydrogen-bond acceptors (Lipinski definition) is 2. The second kappa shape index (κ2) is 5.53. The number of hydrogen-bond donors (Lipinski definition) is 1. The fourth-order valence-corrected chi connectivity index (χ4v) is 3.42. The zero-order valence-corrected chi connectivity index (χ0v) is 12.3. The van der Waals surface area contributed by atoms with Gasteiger partial charge in [0.05, 0.1) is 5.56 Å². The van der Waals surface area contributed by atoms with Gasteiger partial charge in [0, 0.05) is 6.54 Å². The maximum absolute atomic E-state index is 12.3. The van der Waals surface area contributed by atoms with Crippen LogP contribution < -0.4 is 11.2 Å². The minimum absolute atomic E-state index is 0.107. The molecular formula is C14H21ClN2O2. The summed E-state index contributed by atoms with van der Waals surface area (Å²) in [6.07, 6.45) is 6.11. The van der Waals surface area contributed by atoms with E-state index >= 15 is 0 Å². The van der Waals surface area contributed by atoms with Gasteiger partial charge in [-0.15, -0.1) is 0 Å². The fourth-order valence-electron chi connectivity index (χ4n) is 3.12. The van der Waals surface area contributed by atoms with Crippen LogP contribution in [0.5, 0.6) is 0 Å². The van der Waals surface area contributed by atoms with Crippen LogP contribution in [0, 0.1) is 5.41 Å². The fraction of sp³-hybridized carbons (Fsp3) is 0.714. The Bertz CT molecular complexity index is 568. The molecule has 1 aliphatic carbocycles. The van der Waals surface area contributed by atoms with Crippen molar-refractivity contribution in [1.82, 2.24) is 9.55 Å². The van der Waals surface area contributed by atoms with Gasteiger partial charge < -0.3 is 0 Å². The summed E-state index contributed by atoms with van der Waals surface area (Å²) in [7, 11) is 0. The molecule has 0 radical (unpaired) electrons. The molecule has 19 heavy (non-hydrogen) atoms. The van der Waals surface area contributed by atoms with Crippen LogP contribution in [-0.2, 0) is 13.0 Å². The second-order valence-electron chi connectivity index (χ2n) is 5.53. The van der Waals surface area contributed by atoms with Gasteiger partial charge in [0.2, 0.25) is 0 Å². The number of aromatic amines is 1. The van der Waals surface area contributed by atoms with Gasteiger partial charge in [-0.05, 0) is 31.1 Å². The van der Waals surface area contributed by atoms with E-state index in [0.717, 1.165) is 19.3 Å². The normalized spacial score (nSPS) is 17.8. The first-order valence-corrected chi connectivity index (χ1v) is 7.42. The summed E-state index contributed by atoms with van der Waals surface area (Å²) in [5.41, 5.74) is 0.00350. The molecule has 0 bridgehead atoms. The summed E-state index contributed by atoms with van der Waals surface area (Å²) in [6.45, 7) is 4.53. The molecule has 106 valence electrons. The highest BCUT2D eigenvalue weighted by Gasteiger charge is 2.33. The molecule has 1 aromatic rings. The van der Waals surface area contributed by atoms with Crippen molar-refractivity contribution in [2.24, 2.45) is 5.41 Å². The SMILES string of the molecule is CCc1c(Cl)[nH]c(=O)n(CC2(CC)CCCC2)c1=O. The van der Waals surface area contributed by atoms with Gasteiger partial charge in [-0.2, -0.15) is 0 Å². The highest BCUT2D eigenvalue weighted by molar-refractivity contribution is 6.30. The van der Waals surface area contributed by atoms with Gasteiger partial charge >= 0.3 is 5.69 Å². The molecule has 1 aromatic heterocycles. The van der Waals surface area contributed by atoms with Crippen LogP contribution in [-0.4, -0.2) is 9.55 Å². The van der Waals surface area contributed by atoms with Crippen molar-refractivity contribution in [1.29, 1.82) is 0 Å². The number of rotatable bonds is 4. The lowest BCUT2D eigenvalue weighted by atomic mass is 9.83. The molecule has 1 fully saturated rings. The minimum atomic E-state index is -0.382. The molecule has 0 saturated heterocycles. The van der Waals surface area contributed by atoms with Crippen molar-refractivity contribution in [3.05, 3.63) is 31.6 Å². The smallest absolute Gasteiger partial charge is 0.297 e. The molecule has 0 spiro atoms. The average molecular weight is 285 g/mol. The maximum atomic E-state index is 12.3. The molecule has 4 nitrogen and oxygen atoms in total. The average Bonchev–Trinajstić information content (AvgIpc) is 2.84. The summed E-state index contributed by atoms with van der Waals surface area (Å²) in [5, 5.41) is 0.186. The predicted molar refractivity (Wildman–Crippen MR) is 76.9 cm³/mol. The van der Waals surface area contributed by atoms with Gasteiger partial charge in [-0.25, -0.2) is 4.79 Å². The molecule has 1 N–H and O–H groups in total. The molecule has 1 aliphatic rings. The Morgan fingerprint density at radius 1 is 1.26 bits per heavy atom. The summed E-state index contributed by atoms with van der Waals surface area (Å²) < 4.78 is 1.35. The maximum Gasteiger partial charge on any atom is 0.329 e. The molecule has 0 aromatic carbocycles.